The number of nitrogens with zero attached hydrogens (tertiary/aromatic N) is 1. The number of anilines is 1. The summed E-state index contributed by atoms with van der Waals surface area (Å²) in [6.07, 6.45) is 0.553. The maximum absolute atomic E-state index is 13.1. The van der Waals surface area contributed by atoms with Crippen molar-refractivity contribution in [2.24, 2.45) is 0 Å². The van der Waals surface area contributed by atoms with Gasteiger partial charge in [-0.1, -0.05) is 0 Å². The summed E-state index contributed by atoms with van der Waals surface area (Å²) in [6, 6.07) is 3.65. The van der Waals surface area contributed by atoms with E-state index in [9.17, 15) is 18.8 Å². The van der Waals surface area contributed by atoms with Gasteiger partial charge in [0, 0.05) is 13.0 Å². The Morgan fingerprint density at radius 3 is 2.80 bits per heavy atom. The average Bonchev–Trinajstić information content (AvgIpc) is 2.64. The monoisotopic (exact) mass is 279 g/mol. The quantitative estimate of drug-likeness (QED) is 0.608. The third kappa shape index (κ3) is 2.68. The van der Waals surface area contributed by atoms with Crippen molar-refractivity contribution < 1.29 is 23.5 Å². The lowest BCUT2D eigenvalue weighted by Crippen LogP contribution is -2.31. The largest absolute Gasteiger partial charge is 0.466 e. The maximum Gasteiger partial charge on any atom is 0.305 e. The molecule has 1 amide bonds. The zero-order valence-corrected chi connectivity index (χ0v) is 11.0. The Balaban J connectivity index is 2.05. The van der Waals surface area contributed by atoms with Crippen LogP contribution in [0.25, 0.3) is 0 Å². The molecule has 0 atom stereocenters. The molecule has 6 heteroatoms. The van der Waals surface area contributed by atoms with Gasteiger partial charge in [0.05, 0.1) is 17.9 Å². The smallest absolute Gasteiger partial charge is 0.305 e. The Kier molecular flexibility index (Phi) is 4.12. The van der Waals surface area contributed by atoms with Gasteiger partial charge in [-0.2, -0.15) is 0 Å². The number of hydrogen-bond acceptors (Lipinski definition) is 4. The molecule has 0 radical (unpaired) electrons. The number of halogens is 1. The molecule has 5 nitrogen and oxygen atoms in total. The van der Waals surface area contributed by atoms with Crippen molar-refractivity contribution in [3.63, 3.8) is 0 Å². The molecule has 0 aliphatic carbocycles. The van der Waals surface area contributed by atoms with Crippen LogP contribution in [-0.4, -0.2) is 30.8 Å². The van der Waals surface area contributed by atoms with Crippen LogP contribution < -0.4 is 4.90 Å². The topological polar surface area (TPSA) is 63.7 Å². The molecule has 1 aliphatic heterocycles. The normalized spacial score (nSPS) is 13.6. The third-order valence-corrected chi connectivity index (χ3v) is 3.00. The van der Waals surface area contributed by atoms with Crippen molar-refractivity contribution in [1.82, 2.24) is 0 Å². The van der Waals surface area contributed by atoms with Crippen molar-refractivity contribution in [3.8, 4) is 0 Å². The van der Waals surface area contributed by atoms with Crippen LogP contribution in [0.5, 0.6) is 0 Å². The second-order valence-corrected chi connectivity index (χ2v) is 4.36. The molecule has 0 saturated heterocycles. The molecule has 1 heterocycles. The fourth-order valence-electron chi connectivity index (χ4n) is 2.11. The first-order valence-electron chi connectivity index (χ1n) is 6.36. The van der Waals surface area contributed by atoms with Gasteiger partial charge in [-0.25, -0.2) is 4.39 Å². The number of ketones is 1. The summed E-state index contributed by atoms with van der Waals surface area (Å²) in [5.74, 6) is -2.30. The van der Waals surface area contributed by atoms with E-state index in [0.717, 1.165) is 6.07 Å². The number of Topliss-reactive ketones (excluding diaryl/α,β-unsaturated/α-hetero) is 1. The highest BCUT2D eigenvalue weighted by molar-refractivity contribution is 6.52. The molecule has 0 fully saturated rings. The molecule has 1 aromatic carbocycles. The molecule has 0 unspecified atom stereocenters. The van der Waals surface area contributed by atoms with Crippen LogP contribution in [-0.2, 0) is 14.3 Å². The van der Waals surface area contributed by atoms with E-state index in [0.29, 0.717) is 18.7 Å². The number of rotatable bonds is 5. The summed E-state index contributed by atoms with van der Waals surface area (Å²) in [7, 11) is 0. The third-order valence-electron chi connectivity index (χ3n) is 3.00. The zero-order chi connectivity index (χ0) is 14.7. The van der Waals surface area contributed by atoms with Gasteiger partial charge in [0.15, 0.2) is 0 Å². The van der Waals surface area contributed by atoms with Gasteiger partial charge in [-0.3, -0.25) is 14.4 Å². The minimum Gasteiger partial charge on any atom is -0.466 e. The molecule has 1 aliphatic rings. The Hall–Kier alpha value is -2.24. The summed E-state index contributed by atoms with van der Waals surface area (Å²) >= 11 is 0. The Morgan fingerprint density at radius 1 is 1.35 bits per heavy atom. The highest BCUT2D eigenvalue weighted by Gasteiger charge is 2.35. The minimum atomic E-state index is -0.712. The van der Waals surface area contributed by atoms with E-state index in [1.807, 2.05) is 0 Å². The first-order valence-corrected chi connectivity index (χ1v) is 6.36. The maximum atomic E-state index is 13.1. The van der Waals surface area contributed by atoms with E-state index in [-0.39, 0.29) is 24.5 Å². The number of carbonyl (C=O) groups is 3. The fraction of sp³-hybridized carbons (Fsp3) is 0.357. The summed E-state index contributed by atoms with van der Waals surface area (Å²) in [5.41, 5.74) is 0.469. The predicted octanol–water partition coefficient (Wildman–Crippen LogP) is 1.70. The van der Waals surface area contributed by atoms with Crippen molar-refractivity contribution in [2.75, 3.05) is 18.1 Å². The van der Waals surface area contributed by atoms with E-state index in [1.165, 1.54) is 17.0 Å². The molecule has 0 aromatic heterocycles. The molecule has 106 valence electrons. The molecule has 1 aromatic rings. The number of esters is 1. The molecular weight excluding hydrogens is 265 g/mol. The molecule has 20 heavy (non-hydrogen) atoms. The van der Waals surface area contributed by atoms with Crippen molar-refractivity contribution in [1.29, 1.82) is 0 Å². The van der Waals surface area contributed by atoms with Crippen molar-refractivity contribution in [2.45, 2.75) is 19.8 Å². The summed E-state index contributed by atoms with van der Waals surface area (Å²) in [5, 5.41) is 0. The van der Waals surface area contributed by atoms with Crippen LogP contribution in [0.15, 0.2) is 18.2 Å². The summed E-state index contributed by atoms with van der Waals surface area (Å²) in [4.78, 5) is 36.0. The van der Waals surface area contributed by atoms with Gasteiger partial charge in [-0.05, 0) is 31.5 Å². The molecule has 2 rings (SSSR count). The van der Waals surface area contributed by atoms with E-state index in [1.54, 1.807) is 6.92 Å². The Morgan fingerprint density at radius 2 is 2.10 bits per heavy atom. The lowest BCUT2D eigenvalue weighted by atomic mass is 10.1. The number of benzene rings is 1. The first kappa shape index (κ1) is 14.2. The zero-order valence-electron chi connectivity index (χ0n) is 11.0. The predicted molar refractivity (Wildman–Crippen MR) is 69.0 cm³/mol. The van der Waals surface area contributed by atoms with Crippen molar-refractivity contribution in [3.05, 3.63) is 29.6 Å². The van der Waals surface area contributed by atoms with Crippen LogP contribution in [0.4, 0.5) is 10.1 Å². The molecule has 0 spiro atoms. The highest BCUT2D eigenvalue weighted by atomic mass is 19.1. The van der Waals surface area contributed by atoms with Crippen LogP contribution in [0.3, 0.4) is 0 Å². The highest BCUT2D eigenvalue weighted by Crippen LogP contribution is 2.29. The average molecular weight is 279 g/mol. The molecule has 0 N–H and O–H groups in total. The SMILES string of the molecule is CCOC(=O)CCCN1C(=O)C(=O)c2cc(F)ccc21. The summed E-state index contributed by atoms with van der Waals surface area (Å²) < 4.78 is 17.9. The second kappa shape index (κ2) is 5.81. The van der Waals surface area contributed by atoms with Crippen LogP contribution in [0.1, 0.15) is 30.1 Å². The molecular formula is C14H14FNO4. The van der Waals surface area contributed by atoms with Gasteiger partial charge in [0.1, 0.15) is 5.82 Å². The van der Waals surface area contributed by atoms with E-state index >= 15 is 0 Å². The number of hydrogen-bond donors (Lipinski definition) is 0. The number of ether oxygens (including phenoxy) is 1. The number of amides is 1. The second-order valence-electron chi connectivity index (χ2n) is 4.36. The fourth-order valence-corrected chi connectivity index (χ4v) is 2.11. The standard InChI is InChI=1S/C14H14FNO4/c1-2-20-12(17)4-3-7-16-11-6-5-9(15)8-10(11)13(18)14(16)19/h5-6,8H,2-4,7H2,1H3. The van der Waals surface area contributed by atoms with Gasteiger partial charge in [0.2, 0.25) is 0 Å². The Bertz CT molecular complexity index is 570. The molecule has 0 saturated carbocycles. The van der Waals surface area contributed by atoms with E-state index in [2.05, 4.69) is 0 Å². The van der Waals surface area contributed by atoms with Gasteiger partial charge in [0.25, 0.3) is 11.7 Å². The lowest BCUT2D eigenvalue weighted by Gasteiger charge is -2.15. The van der Waals surface area contributed by atoms with Crippen LogP contribution in [0, 0.1) is 5.82 Å². The van der Waals surface area contributed by atoms with Crippen LogP contribution in [0.2, 0.25) is 0 Å². The first-order chi connectivity index (χ1) is 9.54. The minimum absolute atomic E-state index is 0.0751. The van der Waals surface area contributed by atoms with Gasteiger partial charge in [-0.15, -0.1) is 0 Å². The van der Waals surface area contributed by atoms with Gasteiger partial charge < -0.3 is 9.64 Å². The van der Waals surface area contributed by atoms with Crippen molar-refractivity contribution >= 4 is 23.3 Å². The Labute approximate surface area is 115 Å². The van der Waals surface area contributed by atoms with E-state index < -0.39 is 17.5 Å². The number of fused-ring (bicyclic) bond motifs is 1. The number of carbonyl (C=O) groups excluding carboxylic acids is 3. The van der Waals surface area contributed by atoms with E-state index in [4.69, 9.17) is 4.74 Å². The lowest BCUT2D eigenvalue weighted by molar-refractivity contribution is -0.143. The summed E-state index contributed by atoms with van der Waals surface area (Å²) in [6.45, 7) is 2.25. The van der Waals surface area contributed by atoms with Crippen LogP contribution >= 0.6 is 0 Å². The molecule has 0 bridgehead atoms. The van der Waals surface area contributed by atoms with Gasteiger partial charge >= 0.3 is 5.97 Å².